The Hall–Kier alpha value is -2.48. The van der Waals surface area contributed by atoms with Gasteiger partial charge in [-0.2, -0.15) is 0 Å². The molecule has 2 aromatic rings. The number of ether oxygens (including phenoxy) is 4. The summed E-state index contributed by atoms with van der Waals surface area (Å²) in [5, 5.41) is 19.1. The maximum atomic E-state index is 10.2. The van der Waals surface area contributed by atoms with Crippen LogP contribution in [-0.2, 0) is 6.54 Å². The van der Waals surface area contributed by atoms with Gasteiger partial charge in [0, 0.05) is 13.1 Å². The van der Waals surface area contributed by atoms with Gasteiger partial charge in [-0.1, -0.05) is 6.07 Å². The summed E-state index contributed by atoms with van der Waals surface area (Å²) < 4.78 is 21.5. The van der Waals surface area contributed by atoms with Gasteiger partial charge in [0.2, 0.25) is 0 Å². The van der Waals surface area contributed by atoms with Gasteiger partial charge in [0.15, 0.2) is 11.5 Å². The molecule has 0 amide bonds. The molecule has 28 heavy (non-hydrogen) atoms. The fourth-order valence-corrected chi connectivity index (χ4v) is 2.74. The van der Waals surface area contributed by atoms with Crippen LogP contribution in [0.25, 0.3) is 0 Å². The number of rotatable bonds is 12. The van der Waals surface area contributed by atoms with Gasteiger partial charge in [-0.3, -0.25) is 4.90 Å². The third-order valence-corrected chi connectivity index (χ3v) is 4.05. The second kappa shape index (κ2) is 11.4. The first kappa shape index (κ1) is 21.8. The average Bonchev–Trinajstić information content (AvgIpc) is 2.71. The molecule has 1 atom stereocenters. The molecule has 2 N–H and O–H groups in total. The first-order valence-electron chi connectivity index (χ1n) is 9.09. The molecular formula is C21H29NO6. The average molecular weight is 391 g/mol. The van der Waals surface area contributed by atoms with Crippen molar-refractivity contribution < 1.29 is 29.2 Å². The van der Waals surface area contributed by atoms with E-state index in [1.54, 1.807) is 14.2 Å². The molecular weight excluding hydrogens is 362 g/mol. The third-order valence-electron chi connectivity index (χ3n) is 4.05. The first-order chi connectivity index (χ1) is 13.5. The van der Waals surface area contributed by atoms with Crippen molar-refractivity contribution in [3.63, 3.8) is 0 Å². The predicted octanol–water partition coefficient (Wildman–Crippen LogP) is 1.95. The van der Waals surface area contributed by atoms with Gasteiger partial charge in [-0.15, -0.1) is 0 Å². The lowest BCUT2D eigenvalue weighted by Gasteiger charge is -2.21. The maximum Gasteiger partial charge on any atom is 0.161 e. The molecule has 0 fully saturated rings. The van der Waals surface area contributed by atoms with Crippen molar-refractivity contribution in [3.05, 3.63) is 48.0 Å². The third kappa shape index (κ3) is 6.92. The summed E-state index contributed by atoms with van der Waals surface area (Å²) >= 11 is 0. The summed E-state index contributed by atoms with van der Waals surface area (Å²) in [5.74, 6) is 2.65. The molecule has 0 saturated heterocycles. The predicted molar refractivity (Wildman–Crippen MR) is 106 cm³/mol. The highest BCUT2D eigenvalue weighted by atomic mass is 16.5. The second-order valence-electron chi connectivity index (χ2n) is 6.39. The van der Waals surface area contributed by atoms with Crippen LogP contribution in [0.4, 0.5) is 0 Å². The molecule has 0 spiro atoms. The van der Waals surface area contributed by atoms with Crippen LogP contribution in [0.5, 0.6) is 23.0 Å². The topological polar surface area (TPSA) is 80.6 Å². The van der Waals surface area contributed by atoms with Gasteiger partial charge in [0.1, 0.15) is 30.8 Å². The van der Waals surface area contributed by atoms with E-state index in [2.05, 4.69) is 0 Å². The van der Waals surface area contributed by atoms with Crippen LogP contribution in [0, 0.1) is 0 Å². The van der Waals surface area contributed by atoms with Crippen LogP contribution < -0.4 is 18.9 Å². The molecule has 7 heteroatoms. The molecule has 0 aromatic heterocycles. The lowest BCUT2D eigenvalue weighted by atomic mass is 10.2. The van der Waals surface area contributed by atoms with E-state index in [4.69, 9.17) is 24.1 Å². The molecule has 0 radical (unpaired) electrons. The Morgan fingerprint density at radius 3 is 2.29 bits per heavy atom. The summed E-state index contributed by atoms with van der Waals surface area (Å²) in [6, 6.07) is 12.9. The number of benzene rings is 2. The molecule has 1 unspecified atom stereocenters. The molecule has 0 aliphatic rings. The first-order valence-corrected chi connectivity index (χ1v) is 9.09. The Balaban J connectivity index is 1.82. The van der Waals surface area contributed by atoms with E-state index in [1.807, 2.05) is 54.4 Å². The van der Waals surface area contributed by atoms with Gasteiger partial charge >= 0.3 is 0 Å². The summed E-state index contributed by atoms with van der Waals surface area (Å²) in [7, 11) is 5.12. The number of likely N-dealkylation sites (N-methyl/N-ethyl adjacent to an activating group) is 1. The van der Waals surface area contributed by atoms with E-state index < -0.39 is 6.10 Å². The molecule has 0 heterocycles. The van der Waals surface area contributed by atoms with E-state index in [0.29, 0.717) is 30.3 Å². The molecule has 0 aliphatic heterocycles. The standard InChI is InChI=1S/C21H29NO6/c1-22(13-16-4-9-20(27-11-10-23)21(12-16)26-3)14-17(24)15-28-19-7-5-18(25-2)6-8-19/h4-9,12,17,23-24H,10-11,13-15H2,1-3H3. The summed E-state index contributed by atoms with van der Waals surface area (Å²) in [6.07, 6.45) is -0.624. The number of hydrogen-bond acceptors (Lipinski definition) is 7. The highest BCUT2D eigenvalue weighted by molar-refractivity contribution is 5.43. The van der Waals surface area contributed by atoms with Crippen LogP contribution in [0.15, 0.2) is 42.5 Å². The van der Waals surface area contributed by atoms with Crippen molar-refractivity contribution in [2.24, 2.45) is 0 Å². The second-order valence-corrected chi connectivity index (χ2v) is 6.39. The Kier molecular flexibility index (Phi) is 8.87. The Morgan fingerprint density at radius 2 is 1.64 bits per heavy atom. The smallest absolute Gasteiger partial charge is 0.161 e. The Morgan fingerprint density at radius 1 is 0.929 bits per heavy atom. The minimum atomic E-state index is -0.624. The molecule has 0 bridgehead atoms. The fourth-order valence-electron chi connectivity index (χ4n) is 2.74. The molecule has 7 nitrogen and oxygen atoms in total. The zero-order chi connectivity index (χ0) is 20.4. The van der Waals surface area contributed by atoms with Crippen molar-refractivity contribution in [3.8, 4) is 23.0 Å². The summed E-state index contributed by atoms with van der Waals surface area (Å²) in [4.78, 5) is 2.01. The highest BCUT2D eigenvalue weighted by Gasteiger charge is 2.12. The Bertz CT molecular complexity index is 707. The Labute approximate surface area is 166 Å². The van der Waals surface area contributed by atoms with Crippen molar-refractivity contribution in [2.75, 3.05) is 47.6 Å². The van der Waals surface area contributed by atoms with E-state index in [1.165, 1.54) is 0 Å². The SMILES string of the molecule is COc1ccc(OCC(O)CN(C)Cc2ccc(OCCO)c(OC)c2)cc1. The molecule has 2 aromatic carbocycles. The molecule has 154 valence electrons. The van der Waals surface area contributed by atoms with Gasteiger partial charge in [0.05, 0.1) is 20.8 Å². The molecule has 0 aliphatic carbocycles. The van der Waals surface area contributed by atoms with E-state index in [9.17, 15) is 5.11 Å². The highest BCUT2D eigenvalue weighted by Crippen LogP contribution is 2.28. The van der Waals surface area contributed by atoms with Crippen LogP contribution in [-0.4, -0.2) is 68.8 Å². The van der Waals surface area contributed by atoms with Gasteiger partial charge in [-0.05, 0) is 49.0 Å². The summed E-state index contributed by atoms with van der Waals surface area (Å²) in [6.45, 7) is 1.46. The zero-order valence-electron chi connectivity index (χ0n) is 16.6. The van der Waals surface area contributed by atoms with Crippen molar-refractivity contribution in [2.45, 2.75) is 12.6 Å². The summed E-state index contributed by atoms with van der Waals surface area (Å²) in [5.41, 5.74) is 1.03. The number of nitrogens with zero attached hydrogens (tertiary/aromatic N) is 1. The van der Waals surface area contributed by atoms with Crippen molar-refractivity contribution in [1.82, 2.24) is 4.90 Å². The largest absolute Gasteiger partial charge is 0.497 e. The lowest BCUT2D eigenvalue weighted by Crippen LogP contribution is -2.32. The number of hydrogen-bond donors (Lipinski definition) is 2. The van der Waals surface area contributed by atoms with Gasteiger partial charge in [0.25, 0.3) is 0 Å². The molecule has 2 rings (SSSR count). The number of methoxy groups -OCH3 is 2. The molecule has 0 saturated carbocycles. The minimum Gasteiger partial charge on any atom is -0.497 e. The monoisotopic (exact) mass is 391 g/mol. The minimum absolute atomic E-state index is 0.0515. The van der Waals surface area contributed by atoms with Gasteiger partial charge < -0.3 is 29.2 Å². The fraction of sp³-hybridized carbons (Fsp3) is 0.429. The van der Waals surface area contributed by atoms with Gasteiger partial charge in [-0.25, -0.2) is 0 Å². The van der Waals surface area contributed by atoms with Crippen molar-refractivity contribution in [1.29, 1.82) is 0 Å². The number of aliphatic hydroxyl groups is 2. The van der Waals surface area contributed by atoms with Crippen LogP contribution >= 0.6 is 0 Å². The normalized spacial score (nSPS) is 11.9. The van der Waals surface area contributed by atoms with Crippen molar-refractivity contribution >= 4 is 0 Å². The van der Waals surface area contributed by atoms with E-state index in [0.717, 1.165) is 11.3 Å². The number of aliphatic hydroxyl groups excluding tert-OH is 2. The zero-order valence-corrected chi connectivity index (χ0v) is 16.6. The van der Waals surface area contributed by atoms with Crippen LogP contribution in [0.2, 0.25) is 0 Å². The quantitative estimate of drug-likeness (QED) is 0.572. The van der Waals surface area contributed by atoms with Crippen LogP contribution in [0.3, 0.4) is 0 Å². The maximum absolute atomic E-state index is 10.2. The lowest BCUT2D eigenvalue weighted by molar-refractivity contribution is 0.0743. The van der Waals surface area contributed by atoms with E-state index >= 15 is 0 Å². The van der Waals surface area contributed by atoms with Crippen LogP contribution in [0.1, 0.15) is 5.56 Å². The van der Waals surface area contributed by atoms with E-state index in [-0.39, 0.29) is 19.8 Å².